The Balaban J connectivity index is 0. The zero-order valence-electron chi connectivity index (χ0n) is 15.2. The summed E-state index contributed by atoms with van der Waals surface area (Å²) in [5.41, 5.74) is 0. The number of hydrogen-bond donors (Lipinski definition) is 7. The van der Waals surface area contributed by atoms with Crippen molar-refractivity contribution in [1.29, 1.82) is 0 Å². The Morgan fingerprint density at radius 3 is 1.32 bits per heavy atom. The molecule has 0 saturated heterocycles. The second-order valence-electron chi connectivity index (χ2n) is 5.39. The molecular formula is C15H26O13. The minimum absolute atomic E-state index is 0.124. The summed E-state index contributed by atoms with van der Waals surface area (Å²) in [6, 6.07) is 0. The lowest BCUT2D eigenvalue weighted by Crippen LogP contribution is -2.47. The van der Waals surface area contributed by atoms with Crippen LogP contribution in [0, 0.1) is 0 Å². The Bertz CT molecular complexity index is 483. The molecule has 164 valence electrons. The van der Waals surface area contributed by atoms with E-state index in [4.69, 9.17) is 25.5 Å². The minimum Gasteiger partial charge on any atom is -0.452 e. The fourth-order valence-electron chi connectivity index (χ4n) is 1.60. The van der Waals surface area contributed by atoms with Gasteiger partial charge in [0.1, 0.15) is 30.5 Å². The Labute approximate surface area is 159 Å². The number of aliphatic hydroxyl groups excluding tert-OH is 7. The molecule has 13 nitrogen and oxygen atoms in total. The van der Waals surface area contributed by atoms with Crippen molar-refractivity contribution in [2.24, 2.45) is 0 Å². The largest absolute Gasteiger partial charge is 0.452 e. The number of carbonyl (C=O) groups is 4. The zero-order valence-corrected chi connectivity index (χ0v) is 15.2. The maximum absolute atomic E-state index is 10.5. The first-order valence-electron chi connectivity index (χ1n) is 7.83. The maximum Gasteiger partial charge on any atom is 0.303 e. The average Bonchev–Trinajstić information content (AvgIpc) is 2.67. The molecule has 0 saturated carbocycles. The number of rotatable bonds is 11. The van der Waals surface area contributed by atoms with Gasteiger partial charge in [-0.15, -0.1) is 0 Å². The molecule has 0 rings (SSSR count). The Kier molecular flexibility index (Phi) is 15.1. The number of aliphatic hydroxyl groups is 7. The van der Waals surface area contributed by atoms with Crippen LogP contribution < -0.4 is 0 Å². The molecule has 0 radical (unpaired) electrons. The van der Waals surface area contributed by atoms with Gasteiger partial charge in [0, 0.05) is 13.8 Å². The van der Waals surface area contributed by atoms with E-state index in [9.17, 15) is 29.4 Å². The van der Waals surface area contributed by atoms with Crippen molar-refractivity contribution in [3.63, 3.8) is 0 Å². The predicted octanol–water partition coefficient (Wildman–Crippen LogP) is -4.98. The summed E-state index contributed by atoms with van der Waals surface area (Å²) in [4.78, 5) is 41.6. The number of carbonyl (C=O) groups excluding carboxylic acids is 4. The quantitative estimate of drug-likeness (QED) is 0.124. The highest BCUT2D eigenvalue weighted by molar-refractivity contribution is 5.70. The second-order valence-corrected chi connectivity index (χ2v) is 5.39. The van der Waals surface area contributed by atoms with Gasteiger partial charge in [0.2, 0.25) is 0 Å². The maximum atomic E-state index is 10.5. The highest BCUT2D eigenvalue weighted by Gasteiger charge is 2.32. The zero-order chi connectivity index (χ0) is 22.4. The summed E-state index contributed by atoms with van der Waals surface area (Å²) in [6.45, 7) is 0.587. The molecule has 13 heteroatoms. The molecule has 0 aliphatic heterocycles. The van der Waals surface area contributed by atoms with Crippen molar-refractivity contribution in [3.8, 4) is 0 Å². The lowest BCUT2D eigenvalue weighted by atomic mass is 10.0. The lowest BCUT2D eigenvalue weighted by Gasteiger charge is -2.24. The summed E-state index contributed by atoms with van der Waals surface area (Å²) in [7, 11) is 0. The van der Waals surface area contributed by atoms with Gasteiger partial charge in [-0.3, -0.25) is 19.2 Å². The molecule has 0 amide bonds. The van der Waals surface area contributed by atoms with E-state index >= 15 is 0 Å². The molecule has 0 heterocycles. The Hall–Kier alpha value is -2.00. The fourth-order valence-corrected chi connectivity index (χ4v) is 1.60. The standard InChI is InChI=1S/C8H14O7.C7H12O6/c1-4(11)15-6(3-10)8(14)7(13)5(12)2-9;1-4(10)13-6(3-9)7(12)5(11)2-8/h3,5-9,12-14H,2H2,1H3;3,5-8,11-12H,2H2,1H3/t5-,6+,7-,8-;5-,6+,7+/m11/s1. The van der Waals surface area contributed by atoms with Crippen molar-refractivity contribution < 1.29 is 64.4 Å². The van der Waals surface area contributed by atoms with Crippen LogP contribution in [-0.2, 0) is 28.7 Å². The monoisotopic (exact) mass is 414 g/mol. The third-order valence-corrected chi connectivity index (χ3v) is 3.06. The number of ether oxygens (including phenoxy) is 2. The van der Waals surface area contributed by atoms with E-state index < -0.39 is 67.9 Å². The van der Waals surface area contributed by atoms with Gasteiger partial charge < -0.3 is 45.2 Å². The number of hydrogen-bond acceptors (Lipinski definition) is 13. The summed E-state index contributed by atoms with van der Waals surface area (Å²) in [6.07, 6.45) is -11.0. The molecule has 7 atom stereocenters. The van der Waals surface area contributed by atoms with Crippen LogP contribution in [0.3, 0.4) is 0 Å². The molecule has 0 aliphatic rings. The van der Waals surface area contributed by atoms with Crippen molar-refractivity contribution in [1.82, 2.24) is 0 Å². The van der Waals surface area contributed by atoms with E-state index in [1.165, 1.54) is 0 Å². The van der Waals surface area contributed by atoms with Crippen LogP contribution in [-0.4, -0.2) is 116 Å². The summed E-state index contributed by atoms with van der Waals surface area (Å²) >= 11 is 0. The topological polar surface area (TPSA) is 228 Å². The van der Waals surface area contributed by atoms with Gasteiger partial charge in [-0.1, -0.05) is 0 Å². The smallest absolute Gasteiger partial charge is 0.303 e. The molecule has 28 heavy (non-hydrogen) atoms. The van der Waals surface area contributed by atoms with Crippen molar-refractivity contribution in [2.45, 2.75) is 56.6 Å². The Morgan fingerprint density at radius 2 is 1.04 bits per heavy atom. The number of aldehydes is 2. The van der Waals surface area contributed by atoms with E-state index in [0.29, 0.717) is 0 Å². The lowest BCUT2D eigenvalue weighted by molar-refractivity contribution is -0.166. The second kappa shape index (κ2) is 15.0. The molecule has 0 aromatic heterocycles. The van der Waals surface area contributed by atoms with E-state index in [1.54, 1.807) is 0 Å². The normalized spacial score (nSPS) is 18.0. The molecule has 0 aromatic rings. The van der Waals surface area contributed by atoms with Crippen LogP contribution in [0.2, 0.25) is 0 Å². The van der Waals surface area contributed by atoms with Crippen LogP contribution in [0.4, 0.5) is 0 Å². The van der Waals surface area contributed by atoms with Crippen LogP contribution >= 0.6 is 0 Å². The molecule has 0 unspecified atom stereocenters. The molecule has 0 aromatic carbocycles. The molecule has 0 aliphatic carbocycles. The SMILES string of the molecule is CC(=O)O[C@@H](C=O)[C@@H](O)[C@H](O)CO.CC(=O)O[C@@H](C=O)[C@@H](O)[C@H](O)[C@H](O)CO. The van der Waals surface area contributed by atoms with Crippen molar-refractivity contribution in [3.05, 3.63) is 0 Å². The molecule has 0 spiro atoms. The van der Waals surface area contributed by atoms with Gasteiger partial charge in [0.15, 0.2) is 24.8 Å². The van der Waals surface area contributed by atoms with Crippen LogP contribution in [0.5, 0.6) is 0 Å². The molecule has 7 N–H and O–H groups in total. The minimum atomic E-state index is -1.78. The van der Waals surface area contributed by atoms with Crippen molar-refractivity contribution >= 4 is 24.5 Å². The van der Waals surface area contributed by atoms with Crippen LogP contribution in [0.25, 0.3) is 0 Å². The third kappa shape index (κ3) is 11.0. The van der Waals surface area contributed by atoms with Gasteiger partial charge in [0.25, 0.3) is 0 Å². The van der Waals surface area contributed by atoms with Crippen LogP contribution in [0.15, 0.2) is 0 Å². The predicted molar refractivity (Wildman–Crippen MR) is 87.4 cm³/mol. The summed E-state index contributed by atoms with van der Waals surface area (Å²) in [5, 5.41) is 62.3. The molecular weight excluding hydrogens is 388 g/mol. The number of esters is 2. The molecule has 0 fully saturated rings. The van der Waals surface area contributed by atoms with Gasteiger partial charge in [0.05, 0.1) is 13.2 Å². The van der Waals surface area contributed by atoms with E-state index in [0.717, 1.165) is 13.8 Å². The first kappa shape index (κ1) is 28.2. The first-order chi connectivity index (χ1) is 13.0. The van der Waals surface area contributed by atoms with Crippen molar-refractivity contribution in [2.75, 3.05) is 13.2 Å². The van der Waals surface area contributed by atoms with Crippen LogP contribution in [0.1, 0.15) is 13.8 Å². The first-order valence-corrected chi connectivity index (χ1v) is 7.83. The fraction of sp³-hybridized carbons (Fsp3) is 0.733. The summed E-state index contributed by atoms with van der Waals surface area (Å²) in [5.74, 6) is -1.56. The Morgan fingerprint density at radius 1 is 0.714 bits per heavy atom. The highest BCUT2D eigenvalue weighted by Crippen LogP contribution is 2.07. The third-order valence-electron chi connectivity index (χ3n) is 3.06. The van der Waals surface area contributed by atoms with E-state index in [1.807, 2.05) is 0 Å². The van der Waals surface area contributed by atoms with Gasteiger partial charge in [-0.25, -0.2) is 0 Å². The van der Waals surface area contributed by atoms with Gasteiger partial charge >= 0.3 is 11.9 Å². The van der Waals surface area contributed by atoms with E-state index in [-0.39, 0.29) is 12.6 Å². The van der Waals surface area contributed by atoms with Gasteiger partial charge in [-0.2, -0.15) is 0 Å². The van der Waals surface area contributed by atoms with Gasteiger partial charge in [-0.05, 0) is 0 Å². The average molecular weight is 414 g/mol. The highest BCUT2D eigenvalue weighted by atomic mass is 16.6. The van der Waals surface area contributed by atoms with E-state index in [2.05, 4.69) is 9.47 Å². The summed E-state index contributed by atoms with van der Waals surface area (Å²) < 4.78 is 8.72. The molecule has 0 bridgehead atoms.